The van der Waals surface area contributed by atoms with E-state index < -0.39 is 35.5 Å². The summed E-state index contributed by atoms with van der Waals surface area (Å²) in [5.74, 6) is -3.49. The Kier molecular flexibility index (Phi) is 9.50. The van der Waals surface area contributed by atoms with Gasteiger partial charge in [0.15, 0.2) is 0 Å². The molecule has 2 aromatic rings. The van der Waals surface area contributed by atoms with E-state index in [2.05, 4.69) is 10.3 Å². The highest BCUT2D eigenvalue weighted by atomic mass is 19.4. The van der Waals surface area contributed by atoms with Crippen molar-refractivity contribution in [2.45, 2.75) is 39.8 Å². The number of anilines is 1. The number of allylic oxidation sites excluding steroid dienone is 1. The molecule has 1 N–H and O–H groups in total. The molecule has 208 valence electrons. The van der Waals surface area contributed by atoms with Gasteiger partial charge in [-0.25, -0.2) is 4.79 Å². The summed E-state index contributed by atoms with van der Waals surface area (Å²) < 4.78 is 56.6. The molecule has 0 radical (unpaired) electrons. The van der Waals surface area contributed by atoms with E-state index in [0.29, 0.717) is 17.1 Å². The Hall–Kier alpha value is -4.15. The highest BCUT2D eigenvalue weighted by Gasteiger charge is 2.43. The van der Waals surface area contributed by atoms with Crippen LogP contribution in [0, 0.1) is 5.92 Å². The van der Waals surface area contributed by atoms with Crippen molar-refractivity contribution < 1.29 is 41.8 Å². The molecular formula is C28H29F3N2O6. The number of nitrogens with one attached hydrogen (secondary N) is 1. The van der Waals surface area contributed by atoms with Crippen LogP contribution in [-0.4, -0.2) is 43.4 Å². The van der Waals surface area contributed by atoms with Gasteiger partial charge in [-0.3, -0.25) is 14.6 Å². The Bertz CT molecular complexity index is 1280. The van der Waals surface area contributed by atoms with Crippen LogP contribution in [-0.2, 0) is 30.0 Å². The van der Waals surface area contributed by atoms with Crippen LogP contribution in [0.3, 0.4) is 0 Å². The summed E-state index contributed by atoms with van der Waals surface area (Å²) in [7, 11) is 0. The number of rotatable bonds is 9. The lowest BCUT2D eigenvalue weighted by molar-refractivity contribution is -0.146. The summed E-state index contributed by atoms with van der Waals surface area (Å²) in [6.45, 7) is 5.95. The van der Waals surface area contributed by atoms with E-state index in [1.165, 1.54) is 26.0 Å². The molecule has 0 fully saturated rings. The fourth-order valence-electron chi connectivity index (χ4n) is 4.32. The second-order valence-corrected chi connectivity index (χ2v) is 8.77. The minimum absolute atomic E-state index is 0.0185. The summed E-state index contributed by atoms with van der Waals surface area (Å²) in [6.07, 6.45) is -4.62. The predicted octanol–water partition coefficient (Wildman–Crippen LogP) is 5.30. The molecule has 0 saturated heterocycles. The van der Waals surface area contributed by atoms with Crippen molar-refractivity contribution in [1.29, 1.82) is 0 Å². The standard InChI is InChI=1S/C28H29F3N2O6/c1-5-37-26(35)23-16(2)32-17(3)24(25(23)19-7-6-8-20(15-19)28(29,30)31)27(36)39-14-13-38-22-11-9-21(10-12-22)33-18(4)34/h6-12,15,23,25H,5,13-14H2,1-4H3,(H,33,34). The molecule has 1 aliphatic rings. The van der Waals surface area contributed by atoms with Crippen LogP contribution >= 0.6 is 0 Å². The molecule has 0 aromatic heterocycles. The minimum atomic E-state index is -4.62. The molecular weight excluding hydrogens is 517 g/mol. The Labute approximate surface area is 223 Å². The first-order valence-electron chi connectivity index (χ1n) is 12.2. The van der Waals surface area contributed by atoms with Crippen LogP contribution in [0.15, 0.2) is 64.8 Å². The van der Waals surface area contributed by atoms with Gasteiger partial charge in [-0.2, -0.15) is 13.2 Å². The Morgan fingerprint density at radius 3 is 2.31 bits per heavy atom. The zero-order valence-corrected chi connectivity index (χ0v) is 21.9. The van der Waals surface area contributed by atoms with Crippen molar-refractivity contribution in [3.05, 3.63) is 70.9 Å². The van der Waals surface area contributed by atoms with Gasteiger partial charge in [0.1, 0.15) is 24.9 Å². The molecule has 2 aromatic carbocycles. The van der Waals surface area contributed by atoms with Crippen LogP contribution in [0.5, 0.6) is 5.75 Å². The fraction of sp³-hybridized carbons (Fsp3) is 0.357. The summed E-state index contributed by atoms with van der Waals surface area (Å²) in [6, 6.07) is 11.1. The summed E-state index contributed by atoms with van der Waals surface area (Å²) in [5.41, 5.74) is 0.308. The van der Waals surface area contributed by atoms with Gasteiger partial charge in [-0.05, 0) is 56.7 Å². The largest absolute Gasteiger partial charge is 0.490 e. The van der Waals surface area contributed by atoms with E-state index in [9.17, 15) is 27.6 Å². The lowest BCUT2D eigenvalue weighted by Gasteiger charge is -2.31. The summed E-state index contributed by atoms with van der Waals surface area (Å²) in [5, 5.41) is 2.63. The van der Waals surface area contributed by atoms with Crippen molar-refractivity contribution >= 4 is 29.2 Å². The molecule has 0 bridgehead atoms. The third-order valence-electron chi connectivity index (χ3n) is 5.92. The van der Waals surface area contributed by atoms with Crippen molar-refractivity contribution in [2.24, 2.45) is 10.9 Å². The van der Waals surface area contributed by atoms with Gasteiger partial charge in [-0.1, -0.05) is 18.2 Å². The molecule has 8 nitrogen and oxygen atoms in total. The van der Waals surface area contributed by atoms with Crippen LogP contribution < -0.4 is 10.1 Å². The first-order chi connectivity index (χ1) is 18.4. The number of hydrogen-bond donors (Lipinski definition) is 1. The first kappa shape index (κ1) is 29.4. The molecule has 39 heavy (non-hydrogen) atoms. The third-order valence-corrected chi connectivity index (χ3v) is 5.92. The molecule has 2 atom stereocenters. The van der Waals surface area contributed by atoms with Crippen LogP contribution in [0.25, 0.3) is 0 Å². The van der Waals surface area contributed by atoms with Gasteiger partial charge >= 0.3 is 18.1 Å². The maximum atomic E-state index is 13.5. The van der Waals surface area contributed by atoms with Gasteiger partial charge < -0.3 is 19.5 Å². The smallest absolute Gasteiger partial charge is 0.416 e. The van der Waals surface area contributed by atoms with E-state index in [0.717, 1.165) is 12.1 Å². The number of aliphatic imine (C=N–C) groups is 1. The normalized spacial score (nSPS) is 17.3. The topological polar surface area (TPSA) is 103 Å². The van der Waals surface area contributed by atoms with Crippen molar-refractivity contribution in [2.75, 3.05) is 25.1 Å². The zero-order chi connectivity index (χ0) is 28.7. The van der Waals surface area contributed by atoms with E-state index in [1.54, 1.807) is 38.1 Å². The maximum absolute atomic E-state index is 13.5. The highest BCUT2D eigenvalue weighted by molar-refractivity contribution is 6.07. The molecule has 1 amide bonds. The Morgan fingerprint density at radius 2 is 1.69 bits per heavy atom. The molecule has 2 unspecified atom stereocenters. The van der Waals surface area contributed by atoms with E-state index in [-0.39, 0.29) is 42.6 Å². The zero-order valence-electron chi connectivity index (χ0n) is 21.9. The lowest BCUT2D eigenvalue weighted by Crippen LogP contribution is -2.37. The third kappa shape index (κ3) is 7.46. The number of nitrogens with zero attached hydrogens (tertiary/aromatic N) is 1. The van der Waals surface area contributed by atoms with E-state index >= 15 is 0 Å². The van der Waals surface area contributed by atoms with Crippen molar-refractivity contribution in [1.82, 2.24) is 0 Å². The van der Waals surface area contributed by atoms with E-state index in [1.807, 2.05) is 0 Å². The number of alkyl halides is 3. The van der Waals surface area contributed by atoms with Gasteiger partial charge in [0, 0.05) is 29.9 Å². The first-order valence-corrected chi connectivity index (χ1v) is 12.2. The van der Waals surface area contributed by atoms with E-state index in [4.69, 9.17) is 14.2 Å². The molecule has 1 heterocycles. The van der Waals surface area contributed by atoms with Crippen LogP contribution in [0.4, 0.5) is 18.9 Å². The van der Waals surface area contributed by atoms with Crippen LogP contribution in [0.1, 0.15) is 44.7 Å². The quantitative estimate of drug-likeness (QED) is 0.338. The molecule has 0 spiro atoms. The van der Waals surface area contributed by atoms with Gasteiger partial charge in [0.25, 0.3) is 0 Å². The predicted molar refractivity (Wildman–Crippen MR) is 137 cm³/mol. The minimum Gasteiger partial charge on any atom is -0.490 e. The second kappa shape index (κ2) is 12.6. The summed E-state index contributed by atoms with van der Waals surface area (Å²) >= 11 is 0. The number of ether oxygens (including phenoxy) is 3. The van der Waals surface area contributed by atoms with Gasteiger partial charge in [0.2, 0.25) is 5.91 Å². The maximum Gasteiger partial charge on any atom is 0.416 e. The van der Waals surface area contributed by atoms with Crippen molar-refractivity contribution in [3.8, 4) is 5.75 Å². The van der Waals surface area contributed by atoms with Gasteiger partial charge in [-0.15, -0.1) is 0 Å². The number of amides is 1. The second-order valence-electron chi connectivity index (χ2n) is 8.77. The molecule has 1 aliphatic heterocycles. The molecule has 11 heteroatoms. The highest BCUT2D eigenvalue weighted by Crippen LogP contribution is 2.41. The molecule has 3 rings (SSSR count). The number of carbonyl (C=O) groups excluding carboxylic acids is 3. The Morgan fingerprint density at radius 1 is 1.00 bits per heavy atom. The SMILES string of the molecule is CCOC(=O)C1C(C)=NC(C)=C(C(=O)OCCOc2ccc(NC(C)=O)cc2)C1c1cccc(C(F)(F)F)c1. The number of esters is 2. The average molecular weight is 547 g/mol. The van der Waals surface area contributed by atoms with Crippen molar-refractivity contribution in [3.63, 3.8) is 0 Å². The van der Waals surface area contributed by atoms with Crippen LogP contribution in [0.2, 0.25) is 0 Å². The number of hydrogen-bond acceptors (Lipinski definition) is 7. The number of carbonyl (C=O) groups is 3. The molecule has 0 aliphatic carbocycles. The Balaban J connectivity index is 1.82. The number of benzene rings is 2. The summed E-state index contributed by atoms with van der Waals surface area (Å²) in [4.78, 5) is 41.6. The monoisotopic (exact) mass is 546 g/mol. The van der Waals surface area contributed by atoms with Gasteiger partial charge in [0.05, 0.1) is 17.7 Å². The number of halogens is 3. The molecule has 0 saturated carbocycles. The lowest BCUT2D eigenvalue weighted by atomic mass is 9.75. The average Bonchev–Trinajstić information content (AvgIpc) is 2.86. The fourth-order valence-corrected chi connectivity index (χ4v) is 4.32.